The van der Waals surface area contributed by atoms with Crippen molar-refractivity contribution < 1.29 is 4.39 Å². The Labute approximate surface area is 121 Å². The van der Waals surface area contributed by atoms with Crippen LogP contribution in [-0.2, 0) is 13.5 Å². The maximum Gasteiger partial charge on any atom is 0.128 e. The maximum atomic E-state index is 13.7. The van der Waals surface area contributed by atoms with Crippen molar-refractivity contribution in [1.29, 1.82) is 0 Å². The molecule has 0 saturated heterocycles. The van der Waals surface area contributed by atoms with Gasteiger partial charge in [0, 0.05) is 42.3 Å². The molecule has 5 heteroatoms. The van der Waals surface area contributed by atoms with E-state index in [1.807, 2.05) is 32.3 Å². The number of hydrogen-bond donors (Lipinski definition) is 1. The van der Waals surface area contributed by atoms with Crippen LogP contribution >= 0.6 is 15.9 Å². The number of aromatic nitrogens is 2. The SMILES string of the molecule is CC(NCCc1ccn(C)n1)c1cc(Br)ccc1F. The lowest BCUT2D eigenvalue weighted by Crippen LogP contribution is -2.22. The number of aryl methyl sites for hydroxylation is 1. The highest BCUT2D eigenvalue weighted by Gasteiger charge is 2.10. The lowest BCUT2D eigenvalue weighted by molar-refractivity contribution is 0.528. The Kier molecular flexibility index (Phi) is 4.71. The summed E-state index contributed by atoms with van der Waals surface area (Å²) in [7, 11) is 1.90. The van der Waals surface area contributed by atoms with E-state index in [4.69, 9.17) is 0 Å². The van der Waals surface area contributed by atoms with Crippen LogP contribution in [0.25, 0.3) is 0 Å². The van der Waals surface area contributed by atoms with E-state index in [9.17, 15) is 4.39 Å². The highest BCUT2D eigenvalue weighted by Crippen LogP contribution is 2.21. The molecule has 102 valence electrons. The first-order chi connectivity index (χ1) is 9.06. The van der Waals surface area contributed by atoms with Gasteiger partial charge < -0.3 is 5.32 Å². The van der Waals surface area contributed by atoms with Gasteiger partial charge in [-0.25, -0.2) is 4.39 Å². The van der Waals surface area contributed by atoms with Gasteiger partial charge in [0.05, 0.1) is 5.69 Å². The predicted octanol–water partition coefficient (Wildman–Crippen LogP) is 3.22. The quantitative estimate of drug-likeness (QED) is 0.914. The molecule has 0 saturated carbocycles. The number of benzene rings is 1. The summed E-state index contributed by atoms with van der Waals surface area (Å²) >= 11 is 3.37. The van der Waals surface area contributed by atoms with E-state index in [-0.39, 0.29) is 11.9 Å². The molecule has 0 spiro atoms. The average Bonchev–Trinajstić information content (AvgIpc) is 2.78. The number of nitrogens with one attached hydrogen (secondary N) is 1. The summed E-state index contributed by atoms with van der Waals surface area (Å²) < 4.78 is 16.4. The molecule has 3 nitrogen and oxygen atoms in total. The Morgan fingerprint density at radius 3 is 2.89 bits per heavy atom. The van der Waals surface area contributed by atoms with Gasteiger partial charge in [0.25, 0.3) is 0 Å². The van der Waals surface area contributed by atoms with Gasteiger partial charge in [-0.05, 0) is 31.2 Å². The summed E-state index contributed by atoms with van der Waals surface area (Å²) in [5, 5.41) is 7.62. The topological polar surface area (TPSA) is 29.9 Å². The molecule has 0 aliphatic rings. The van der Waals surface area contributed by atoms with Crippen LogP contribution in [0.3, 0.4) is 0 Å². The molecule has 1 unspecified atom stereocenters. The first-order valence-corrected chi connectivity index (χ1v) is 7.02. The minimum Gasteiger partial charge on any atom is -0.310 e. The molecule has 1 aromatic heterocycles. The van der Waals surface area contributed by atoms with Crippen LogP contribution < -0.4 is 5.32 Å². The monoisotopic (exact) mass is 325 g/mol. The fourth-order valence-corrected chi connectivity index (χ4v) is 2.35. The van der Waals surface area contributed by atoms with E-state index in [0.29, 0.717) is 5.56 Å². The van der Waals surface area contributed by atoms with Crippen molar-refractivity contribution in [3.63, 3.8) is 0 Å². The zero-order valence-corrected chi connectivity index (χ0v) is 12.6. The molecule has 0 aliphatic heterocycles. The van der Waals surface area contributed by atoms with Crippen LogP contribution in [0.2, 0.25) is 0 Å². The van der Waals surface area contributed by atoms with E-state index in [0.717, 1.165) is 23.1 Å². The largest absolute Gasteiger partial charge is 0.310 e. The Balaban J connectivity index is 1.90. The summed E-state index contributed by atoms with van der Waals surface area (Å²) in [4.78, 5) is 0. The lowest BCUT2D eigenvalue weighted by Gasteiger charge is -2.15. The second kappa shape index (κ2) is 6.30. The minimum atomic E-state index is -0.180. The van der Waals surface area contributed by atoms with Gasteiger partial charge in [0.1, 0.15) is 5.82 Å². The first-order valence-electron chi connectivity index (χ1n) is 6.23. The second-order valence-corrected chi connectivity index (χ2v) is 5.49. The molecular formula is C14H17BrFN3. The Bertz CT molecular complexity index is 553. The Morgan fingerprint density at radius 1 is 1.42 bits per heavy atom. The third-order valence-corrected chi connectivity index (χ3v) is 3.52. The zero-order chi connectivity index (χ0) is 13.8. The molecular weight excluding hydrogens is 309 g/mol. The third kappa shape index (κ3) is 3.88. The third-order valence-electron chi connectivity index (χ3n) is 3.03. The summed E-state index contributed by atoms with van der Waals surface area (Å²) in [6.45, 7) is 2.73. The first kappa shape index (κ1) is 14.2. The molecule has 1 N–H and O–H groups in total. The van der Waals surface area contributed by atoms with Crippen molar-refractivity contribution in [2.24, 2.45) is 7.05 Å². The van der Waals surface area contributed by atoms with Gasteiger partial charge in [-0.15, -0.1) is 0 Å². The average molecular weight is 326 g/mol. The Morgan fingerprint density at radius 2 is 2.21 bits per heavy atom. The standard InChI is InChI=1S/C14H17BrFN3/c1-10(13-9-11(15)3-4-14(13)16)17-7-5-12-6-8-19(2)18-12/h3-4,6,8-10,17H,5,7H2,1-2H3. The van der Waals surface area contributed by atoms with Crippen LogP contribution in [0.5, 0.6) is 0 Å². The van der Waals surface area contributed by atoms with E-state index >= 15 is 0 Å². The van der Waals surface area contributed by atoms with Crippen molar-refractivity contribution in [2.45, 2.75) is 19.4 Å². The van der Waals surface area contributed by atoms with Crippen LogP contribution in [0.15, 0.2) is 34.9 Å². The molecule has 0 radical (unpaired) electrons. The van der Waals surface area contributed by atoms with Gasteiger partial charge in [0.2, 0.25) is 0 Å². The number of nitrogens with zero attached hydrogens (tertiary/aromatic N) is 2. The normalized spacial score (nSPS) is 12.6. The summed E-state index contributed by atoms with van der Waals surface area (Å²) in [5.41, 5.74) is 1.72. The molecule has 1 heterocycles. The fourth-order valence-electron chi connectivity index (χ4n) is 1.97. The highest BCUT2D eigenvalue weighted by molar-refractivity contribution is 9.10. The Hall–Kier alpha value is -1.20. The fraction of sp³-hybridized carbons (Fsp3) is 0.357. The smallest absolute Gasteiger partial charge is 0.128 e. The zero-order valence-electron chi connectivity index (χ0n) is 11.0. The second-order valence-electron chi connectivity index (χ2n) is 4.57. The van der Waals surface area contributed by atoms with Crippen LogP contribution in [0, 0.1) is 5.82 Å². The lowest BCUT2D eigenvalue weighted by atomic mass is 10.1. The molecule has 2 rings (SSSR count). The number of hydrogen-bond acceptors (Lipinski definition) is 2. The van der Waals surface area contributed by atoms with Gasteiger partial charge in [-0.3, -0.25) is 4.68 Å². The summed E-state index contributed by atoms with van der Waals surface area (Å²) in [6.07, 6.45) is 2.76. The van der Waals surface area contributed by atoms with E-state index in [1.165, 1.54) is 6.07 Å². The summed E-state index contributed by atoms with van der Waals surface area (Å²) in [6, 6.07) is 6.97. The minimum absolute atomic E-state index is 0.0267. The van der Waals surface area contributed by atoms with Crippen LogP contribution in [0.4, 0.5) is 4.39 Å². The highest BCUT2D eigenvalue weighted by atomic mass is 79.9. The van der Waals surface area contributed by atoms with E-state index < -0.39 is 0 Å². The number of halogens is 2. The van der Waals surface area contributed by atoms with Crippen molar-refractivity contribution >= 4 is 15.9 Å². The molecule has 19 heavy (non-hydrogen) atoms. The summed E-state index contributed by atoms with van der Waals surface area (Å²) in [5.74, 6) is -0.180. The molecule has 0 amide bonds. The molecule has 0 bridgehead atoms. The molecule has 2 aromatic rings. The van der Waals surface area contributed by atoms with Crippen molar-refractivity contribution in [1.82, 2.24) is 15.1 Å². The molecule has 0 aliphatic carbocycles. The van der Waals surface area contributed by atoms with Crippen molar-refractivity contribution in [3.05, 3.63) is 52.0 Å². The van der Waals surface area contributed by atoms with Crippen LogP contribution in [-0.4, -0.2) is 16.3 Å². The van der Waals surface area contributed by atoms with Crippen molar-refractivity contribution in [2.75, 3.05) is 6.54 Å². The van der Waals surface area contributed by atoms with Gasteiger partial charge in [-0.1, -0.05) is 15.9 Å². The molecule has 1 atom stereocenters. The molecule has 1 aromatic carbocycles. The van der Waals surface area contributed by atoms with Gasteiger partial charge >= 0.3 is 0 Å². The van der Waals surface area contributed by atoms with E-state index in [2.05, 4.69) is 26.3 Å². The van der Waals surface area contributed by atoms with Crippen molar-refractivity contribution in [3.8, 4) is 0 Å². The molecule has 0 fully saturated rings. The number of rotatable bonds is 5. The van der Waals surface area contributed by atoms with Gasteiger partial charge in [0.15, 0.2) is 0 Å². The predicted molar refractivity (Wildman–Crippen MR) is 77.4 cm³/mol. The maximum absolute atomic E-state index is 13.7. The van der Waals surface area contributed by atoms with E-state index in [1.54, 1.807) is 10.7 Å². The van der Waals surface area contributed by atoms with Crippen LogP contribution in [0.1, 0.15) is 24.2 Å². The van der Waals surface area contributed by atoms with Gasteiger partial charge in [-0.2, -0.15) is 5.10 Å².